The van der Waals surface area contributed by atoms with Gasteiger partial charge in [-0.2, -0.15) is 0 Å². The van der Waals surface area contributed by atoms with Crippen molar-refractivity contribution in [2.24, 2.45) is 5.41 Å². The van der Waals surface area contributed by atoms with Gasteiger partial charge < -0.3 is 4.74 Å². The predicted molar refractivity (Wildman–Crippen MR) is 131 cm³/mol. The van der Waals surface area contributed by atoms with Crippen LogP contribution in [0.1, 0.15) is 107 Å². The standard InChI is InChI=1S/C27H40O2S/c1-6-7-8-9-10-11-19-29-26(28)25-17-15-23(30-25)20-21(2)14-16-24-22(3)13-12-18-27(24,4)5/h14-17,20H,6-13,18-19H2,1-5H3/b16-14+,21-20+. The number of unbranched alkanes of at least 4 members (excludes halogenated alkanes) is 5. The second-order valence-corrected chi connectivity index (χ2v) is 10.4. The Bertz CT molecular complexity index is 777. The monoisotopic (exact) mass is 428 g/mol. The summed E-state index contributed by atoms with van der Waals surface area (Å²) in [6.07, 6.45) is 17.6. The van der Waals surface area contributed by atoms with Crippen molar-refractivity contribution in [1.82, 2.24) is 0 Å². The van der Waals surface area contributed by atoms with Crippen LogP contribution in [0, 0.1) is 5.41 Å². The van der Waals surface area contributed by atoms with Crippen LogP contribution in [0.2, 0.25) is 0 Å². The van der Waals surface area contributed by atoms with Gasteiger partial charge in [-0.15, -0.1) is 11.3 Å². The van der Waals surface area contributed by atoms with Gasteiger partial charge in [0.25, 0.3) is 0 Å². The molecule has 2 rings (SSSR count). The van der Waals surface area contributed by atoms with Gasteiger partial charge in [0, 0.05) is 4.88 Å². The van der Waals surface area contributed by atoms with E-state index >= 15 is 0 Å². The van der Waals surface area contributed by atoms with Crippen molar-refractivity contribution in [2.75, 3.05) is 6.61 Å². The topological polar surface area (TPSA) is 26.3 Å². The first kappa shape index (κ1) is 24.7. The van der Waals surface area contributed by atoms with Crippen molar-refractivity contribution in [3.63, 3.8) is 0 Å². The molecule has 30 heavy (non-hydrogen) atoms. The van der Waals surface area contributed by atoms with E-state index < -0.39 is 0 Å². The third-order valence-electron chi connectivity index (χ3n) is 5.98. The molecule has 1 aliphatic rings. The van der Waals surface area contributed by atoms with Crippen LogP contribution >= 0.6 is 11.3 Å². The Balaban J connectivity index is 1.86. The van der Waals surface area contributed by atoms with Gasteiger partial charge in [0.15, 0.2) is 0 Å². The number of hydrogen-bond donors (Lipinski definition) is 0. The molecule has 1 aromatic rings. The molecule has 0 atom stereocenters. The van der Waals surface area contributed by atoms with E-state index in [-0.39, 0.29) is 11.4 Å². The van der Waals surface area contributed by atoms with Gasteiger partial charge in [0.05, 0.1) is 6.61 Å². The fourth-order valence-electron chi connectivity index (χ4n) is 4.16. The number of esters is 1. The minimum Gasteiger partial charge on any atom is -0.462 e. The number of rotatable bonds is 11. The number of allylic oxidation sites excluding steroid dienone is 5. The zero-order chi connectivity index (χ0) is 22.0. The van der Waals surface area contributed by atoms with E-state index in [0.29, 0.717) is 11.5 Å². The molecule has 0 radical (unpaired) electrons. The summed E-state index contributed by atoms with van der Waals surface area (Å²) in [7, 11) is 0. The minimum atomic E-state index is -0.189. The fraction of sp³-hybridized carbons (Fsp3) is 0.593. The van der Waals surface area contributed by atoms with Crippen LogP contribution in [0.3, 0.4) is 0 Å². The maximum absolute atomic E-state index is 12.3. The van der Waals surface area contributed by atoms with E-state index in [2.05, 4.69) is 52.8 Å². The molecule has 0 fully saturated rings. The SMILES string of the molecule is CCCCCCCCOC(=O)c1ccc(/C=C(C)/C=C/C2=C(C)CCCC2(C)C)s1. The lowest BCUT2D eigenvalue weighted by Gasteiger charge is -2.32. The molecular weight excluding hydrogens is 388 g/mol. The number of hydrogen-bond acceptors (Lipinski definition) is 3. The average Bonchev–Trinajstić information content (AvgIpc) is 3.14. The van der Waals surface area contributed by atoms with Gasteiger partial charge in [-0.05, 0) is 74.3 Å². The van der Waals surface area contributed by atoms with Crippen molar-refractivity contribution in [3.8, 4) is 0 Å². The second-order valence-electron chi connectivity index (χ2n) is 9.26. The number of carbonyl (C=O) groups is 1. The Labute approximate surface area is 188 Å². The fourth-order valence-corrected chi connectivity index (χ4v) is 5.07. The molecule has 0 aromatic carbocycles. The number of ether oxygens (including phenoxy) is 1. The Hall–Kier alpha value is -1.61. The maximum atomic E-state index is 12.3. The summed E-state index contributed by atoms with van der Waals surface area (Å²) in [6.45, 7) is 11.8. The zero-order valence-corrected chi connectivity index (χ0v) is 20.5. The van der Waals surface area contributed by atoms with Crippen LogP contribution in [-0.2, 0) is 4.74 Å². The summed E-state index contributed by atoms with van der Waals surface area (Å²) in [5.74, 6) is -0.189. The van der Waals surface area contributed by atoms with Crippen molar-refractivity contribution in [2.45, 2.75) is 92.4 Å². The summed E-state index contributed by atoms with van der Waals surface area (Å²) in [5, 5.41) is 0. The molecule has 0 saturated carbocycles. The van der Waals surface area contributed by atoms with Gasteiger partial charge in [-0.1, -0.05) is 70.6 Å². The molecule has 1 aliphatic carbocycles. The minimum absolute atomic E-state index is 0.189. The van der Waals surface area contributed by atoms with E-state index in [1.165, 1.54) is 73.0 Å². The van der Waals surface area contributed by atoms with E-state index in [1.54, 1.807) is 0 Å². The molecule has 0 amide bonds. The van der Waals surface area contributed by atoms with Crippen LogP contribution < -0.4 is 0 Å². The highest BCUT2D eigenvalue weighted by Gasteiger charge is 2.26. The molecule has 1 aromatic heterocycles. The van der Waals surface area contributed by atoms with Crippen LogP contribution in [0.15, 0.2) is 41.0 Å². The Morgan fingerprint density at radius 1 is 1.17 bits per heavy atom. The third kappa shape index (κ3) is 7.91. The lowest BCUT2D eigenvalue weighted by atomic mass is 9.72. The molecule has 1 heterocycles. The highest BCUT2D eigenvalue weighted by molar-refractivity contribution is 7.14. The van der Waals surface area contributed by atoms with Crippen molar-refractivity contribution in [3.05, 3.63) is 50.8 Å². The molecule has 166 valence electrons. The van der Waals surface area contributed by atoms with E-state index in [0.717, 1.165) is 17.7 Å². The quantitative estimate of drug-likeness (QED) is 0.200. The van der Waals surface area contributed by atoms with Gasteiger partial charge in [-0.25, -0.2) is 4.79 Å². The molecular formula is C27H40O2S. The molecule has 0 spiro atoms. The van der Waals surface area contributed by atoms with Crippen LogP contribution in [0.4, 0.5) is 0 Å². The van der Waals surface area contributed by atoms with E-state index in [9.17, 15) is 4.79 Å². The highest BCUT2D eigenvalue weighted by Crippen LogP contribution is 2.40. The Morgan fingerprint density at radius 3 is 2.63 bits per heavy atom. The first-order valence-corrected chi connectivity index (χ1v) is 12.5. The summed E-state index contributed by atoms with van der Waals surface area (Å²) in [6, 6.07) is 3.90. The Kier molecular flexibility index (Phi) is 10.1. The molecule has 0 aliphatic heterocycles. The lowest BCUT2D eigenvalue weighted by Crippen LogP contribution is -2.19. The van der Waals surface area contributed by atoms with Crippen molar-refractivity contribution < 1.29 is 9.53 Å². The van der Waals surface area contributed by atoms with Crippen LogP contribution in [-0.4, -0.2) is 12.6 Å². The first-order valence-electron chi connectivity index (χ1n) is 11.7. The molecule has 3 heteroatoms. The zero-order valence-electron chi connectivity index (χ0n) is 19.7. The Morgan fingerprint density at radius 2 is 1.90 bits per heavy atom. The van der Waals surface area contributed by atoms with Crippen molar-refractivity contribution >= 4 is 23.4 Å². The second kappa shape index (κ2) is 12.3. The van der Waals surface area contributed by atoms with Crippen LogP contribution in [0.25, 0.3) is 6.08 Å². The average molecular weight is 429 g/mol. The summed E-state index contributed by atoms with van der Waals surface area (Å²) < 4.78 is 5.45. The first-order chi connectivity index (χ1) is 14.3. The summed E-state index contributed by atoms with van der Waals surface area (Å²) in [5.41, 5.74) is 4.45. The third-order valence-corrected chi connectivity index (χ3v) is 7.00. The van der Waals surface area contributed by atoms with Gasteiger partial charge >= 0.3 is 5.97 Å². The maximum Gasteiger partial charge on any atom is 0.348 e. The highest BCUT2D eigenvalue weighted by atomic mass is 32.1. The van der Waals surface area contributed by atoms with Gasteiger partial charge in [0.2, 0.25) is 0 Å². The smallest absolute Gasteiger partial charge is 0.348 e. The molecule has 0 N–H and O–H groups in total. The molecule has 0 bridgehead atoms. The van der Waals surface area contributed by atoms with E-state index in [1.807, 2.05) is 12.1 Å². The van der Waals surface area contributed by atoms with Gasteiger partial charge in [0.1, 0.15) is 4.88 Å². The normalized spacial score (nSPS) is 17.0. The van der Waals surface area contributed by atoms with E-state index in [4.69, 9.17) is 4.74 Å². The molecule has 2 nitrogen and oxygen atoms in total. The summed E-state index contributed by atoms with van der Waals surface area (Å²) >= 11 is 1.51. The lowest BCUT2D eigenvalue weighted by molar-refractivity contribution is 0.0503. The van der Waals surface area contributed by atoms with Crippen LogP contribution in [0.5, 0.6) is 0 Å². The molecule has 0 saturated heterocycles. The molecule has 0 unspecified atom stereocenters. The predicted octanol–water partition coefficient (Wildman–Crippen LogP) is 8.75. The number of carbonyl (C=O) groups excluding carboxylic acids is 1. The number of thiophene rings is 1. The largest absolute Gasteiger partial charge is 0.462 e. The van der Waals surface area contributed by atoms with Crippen molar-refractivity contribution in [1.29, 1.82) is 0 Å². The summed E-state index contributed by atoms with van der Waals surface area (Å²) in [4.78, 5) is 14.1. The van der Waals surface area contributed by atoms with Gasteiger partial charge in [-0.3, -0.25) is 0 Å².